The van der Waals surface area contributed by atoms with E-state index in [-0.39, 0.29) is 12.2 Å². The van der Waals surface area contributed by atoms with Gasteiger partial charge in [0.05, 0.1) is 0 Å². The lowest BCUT2D eigenvalue weighted by molar-refractivity contribution is 0.299. The van der Waals surface area contributed by atoms with Crippen molar-refractivity contribution in [1.82, 2.24) is 10.1 Å². The fraction of sp³-hybridized carbons (Fsp3) is 0.0909. The Balaban J connectivity index is 1.47. The topological polar surface area (TPSA) is 48.2 Å². The number of hydrogen-bond donors (Lipinski definition) is 0. The summed E-state index contributed by atoms with van der Waals surface area (Å²) in [5.74, 6) is 0.229. The minimum atomic E-state index is -0.632. The number of aromatic nitrogens is 2. The third-order valence-corrected chi connectivity index (χ3v) is 4.32. The van der Waals surface area contributed by atoms with E-state index in [1.165, 1.54) is 12.1 Å². The Hall–Kier alpha value is -3.54. The van der Waals surface area contributed by atoms with E-state index < -0.39 is 11.6 Å². The first-order valence-electron chi connectivity index (χ1n) is 8.67. The molecule has 0 saturated carbocycles. The van der Waals surface area contributed by atoms with Crippen molar-refractivity contribution < 1.29 is 18.0 Å². The molecule has 4 nitrogen and oxygen atoms in total. The third kappa shape index (κ3) is 3.76. The van der Waals surface area contributed by atoms with E-state index in [0.29, 0.717) is 17.5 Å². The first kappa shape index (κ1) is 17.9. The summed E-state index contributed by atoms with van der Waals surface area (Å²) in [5, 5.41) is 4.03. The van der Waals surface area contributed by atoms with Crippen molar-refractivity contribution in [2.75, 3.05) is 0 Å². The van der Waals surface area contributed by atoms with Crippen molar-refractivity contribution in [3.8, 4) is 28.6 Å². The summed E-state index contributed by atoms with van der Waals surface area (Å²) in [6.07, 6.45) is 0. The van der Waals surface area contributed by atoms with Crippen molar-refractivity contribution in [2.45, 2.75) is 13.5 Å². The average molecular weight is 378 g/mol. The second kappa shape index (κ2) is 7.60. The number of nitrogens with zero attached hydrogens (tertiary/aromatic N) is 2. The quantitative estimate of drug-likeness (QED) is 0.456. The lowest BCUT2D eigenvalue weighted by atomic mass is 10.1. The van der Waals surface area contributed by atoms with Crippen LogP contribution in [-0.2, 0) is 6.61 Å². The average Bonchev–Trinajstić information content (AvgIpc) is 3.18. The Labute approximate surface area is 160 Å². The molecule has 0 aliphatic carbocycles. The highest BCUT2D eigenvalue weighted by Gasteiger charge is 2.12. The predicted molar refractivity (Wildman–Crippen MR) is 101 cm³/mol. The largest absolute Gasteiger partial charge is 0.489 e. The van der Waals surface area contributed by atoms with E-state index in [9.17, 15) is 8.78 Å². The number of benzene rings is 3. The zero-order valence-corrected chi connectivity index (χ0v) is 15.0. The van der Waals surface area contributed by atoms with Gasteiger partial charge in [-0.1, -0.05) is 23.4 Å². The van der Waals surface area contributed by atoms with Crippen LogP contribution in [0.15, 0.2) is 71.3 Å². The SMILES string of the molecule is Cc1ccccc1-c1nc(-c2ccc(OCc3ccc(F)cc3F)cc2)no1. The summed E-state index contributed by atoms with van der Waals surface area (Å²) in [6, 6.07) is 18.2. The van der Waals surface area contributed by atoms with Crippen molar-refractivity contribution in [1.29, 1.82) is 0 Å². The summed E-state index contributed by atoms with van der Waals surface area (Å²) < 4.78 is 37.6. The minimum absolute atomic E-state index is 0.00506. The first-order valence-corrected chi connectivity index (χ1v) is 8.67. The normalized spacial score (nSPS) is 10.8. The van der Waals surface area contributed by atoms with Crippen LogP contribution >= 0.6 is 0 Å². The molecule has 6 heteroatoms. The highest BCUT2D eigenvalue weighted by molar-refractivity contribution is 5.62. The molecule has 4 aromatic rings. The molecule has 1 heterocycles. The fourth-order valence-electron chi connectivity index (χ4n) is 2.76. The van der Waals surface area contributed by atoms with E-state index in [1.807, 2.05) is 31.2 Å². The van der Waals surface area contributed by atoms with E-state index in [2.05, 4.69) is 10.1 Å². The fourth-order valence-corrected chi connectivity index (χ4v) is 2.76. The summed E-state index contributed by atoms with van der Waals surface area (Å²) in [6.45, 7) is 1.99. The monoisotopic (exact) mass is 378 g/mol. The van der Waals surface area contributed by atoms with E-state index >= 15 is 0 Å². The Morgan fingerprint density at radius 3 is 2.50 bits per heavy atom. The molecule has 0 unspecified atom stereocenters. The second-order valence-corrected chi connectivity index (χ2v) is 6.29. The number of ether oxygens (including phenoxy) is 1. The first-order chi connectivity index (χ1) is 13.6. The van der Waals surface area contributed by atoms with Crippen molar-refractivity contribution in [3.63, 3.8) is 0 Å². The molecule has 0 spiro atoms. The minimum Gasteiger partial charge on any atom is -0.489 e. The van der Waals surface area contributed by atoms with Gasteiger partial charge in [0.2, 0.25) is 5.82 Å². The molecule has 140 valence electrons. The highest BCUT2D eigenvalue weighted by Crippen LogP contribution is 2.26. The van der Waals surface area contributed by atoms with Gasteiger partial charge in [0.1, 0.15) is 24.0 Å². The standard InChI is InChI=1S/C22H16F2N2O2/c1-14-4-2-3-5-19(14)22-25-21(26-28-22)15-7-10-18(11-8-15)27-13-16-6-9-17(23)12-20(16)24/h2-12H,13H2,1H3. The van der Waals surface area contributed by atoms with Gasteiger partial charge in [-0.25, -0.2) is 8.78 Å². The van der Waals surface area contributed by atoms with Crippen LogP contribution in [0.1, 0.15) is 11.1 Å². The van der Waals surface area contributed by atoms with Gasteiger partial charge >= 0.3 is 0 Å². The Bertz CT molecular complexity index is 1110. The molecular formula is C22H16F2N2O2. The molecule has 0 aliphatic heterocycles. The molecule has 0 atom stereocenters. The smallest absolute Gasteiger partial charge is 0.258 e. The second-order valence-electron chi connectivity index (χ2n) is 6.29. The maximum atomic E-state index is 13.7. The third-order valence-electron chi connectivity index (χ3n) is 4.32. The van der Waals surface area contributed by atoms with Crippen molar-refractivity contribution >= 4 is 0 Å². The molecular weight excluding hydrogens is 362 g/mol. The van der Waals surface area contributed by atoms with Crippen LogP contribution in [0, 0.1) is 18.6 Å². The van der Waals surface area contributed by atoms with Gasteiger partial charge < -0.3 is 9.26 Å². The maximum absolute atomic E-state index is 13.7. The molecule has 0 N–H and O–H groups in total. The molecule has 0 amide bonds. The van der Waals surface area contributed by atoms with Crippen LogP contribution in [0.25, 0.3) is 22.8 Å². The van der Waals surface area contributed by atoms with Gasteiger partial charge in [0.15, 0.2) is 0 Å². The Morgan fingerprint density at radius 1 is 0.964 bits per heavy atom. The van der Waals surface area contributed by atoms with Crippen LogP contribution in [0.3, 0.4) is 0 Å². The number of halogens is 2. The molecule has 0 fully saturated rings. The van der Waals surface area contributed by atoms with Crippen molar-refractivity contribution in [2.24, 2.45) is 0 Å². The molecule has 0 bridgehead atoms. The van der Waals surface area contributed by atoms with Gasteiger partial charge in [-0.15, -0.1) is 0 Å². The van der Waals surface area contributed by atoms with Gasteiger partial charge in [-0.05, 0) is 55.0 Å². The molecule has 0 radical (unpaired) electrons. The lowest BCUT2D eigenvalue weighted by Crippen LogP contribution is -1.99. The van der Waals surface area contributed by atoms with Gasteiger partial charge in [0.25, 0.3) is 5.89 Å². The van der Waals surface area contributed by atoms with Crippen LogP contribution < -0.4 is 4.74 Å². The Kier molecular flexibility index (Phi) is 4.85. The molecule has 0 aliphatic rings. The highest BCUT2D eigenvalue weighted by atomic mass is 19.1. The molecule has 4 rings (SSSR count). The lowest BCUT2D eigenvalue weighted by Gasteiger charge is -2.07. The van der Waals surface area contributed by atoms with Gasteiger partial charge in [0, 0.05) is 22.8 Å². The maximum Gasteiger partial charge on any atom is 0.258 e. The molecule has 28 heavy (non-hydrogen) atoms. The Morgan fingerprint density at radius 2 is 1.75 bits per heavy atom. The number of aryl methyl sites for hydroxylation is 1. The van der Waals surface area contributed by atoms with Gasteiger partial charge in [-0.2, -0.15) is 4.98 Å². The molecule has 1 aromatic heterocycles. The van der Waals surface area contributed by atoms with Crippen LogP contribution in [-0.4, -0.2) is 10.1 Å². The number of hydrogen-bond acceptors (Lipinski definition) is 4. The number of rotatable bonds is 5. The zero-order chi connectivity index (χ0) is 19.5. The predicted octanol–water partition coefficient (Wildman–Crippen LogP) is 5.57. The zero-order valence-electron chi connectivity index (χ0n) is 15.0. The van der Waals surface area contributed by atoms with E-state index in [4.69, 9.17) is 9.26 Å². The van der Waals surface area contributed by atoms with E-state index in [1.54, 1.807) is 24.3 Å². The summed E-state index contributed by atoms with van der Waals surface area (Å²) in [5.41, 5.74) is 2.99. The summed E-state index contributed by atoms with van der Waals surface area (Å²) in [4.78, 5) is 4.45. The summed E-state index contributed by atoms with van der Waals surface area (Å²) in [7, 11) is 0. The summed E-state index contributed by atoms with van der Waals surface area (Å²) >= 11 is 0. The van der Waals surface area contributed by atoms with Crippen molar-refractivity contribution in [3.05, 3.63) is 89.5 Å². The van der Waals surface area contributed by atoms with Crippen LogP contribution in [0.4, 0.5) is 8.78 Å². The molecule has 3 aromatic carbocycles. The van der Waals surface area contributed by atoms with Crippen LogP contribution in [0.2, 0.25) is 0 Å². The van der Waals surface area contributed by atoms with E-state index in [0.717, 1.165) is 22.8 Å². The van der Waals surface area contributed by atoms with Crippen LogP contribution in [0.5, 0.6) is 5.75 Å². The molecule has 0 saturated heterocycles. The van der Waals surface area contributed by atoms with Gasteiger partial charge in [-0.3, -0.25) is 0 Å².